The van der Waals surface area contributed by atoms with Crippen LogP contribution >= 0.6 is 24.8 Å². The fourth-order valence-corrected chi connectivity index (χ4v) is 3.42. The summed E-state index contributed by atoms with van der Waals surface area (Å²) < 4.78 is 0. The summed E-state index contributed by atoms with van der Waals surface area (Å²) in [5.41, 5.74) is 1.86. The molecule has 2 heterocycles. The largest absolute Gasteiger partial charge is 0.326 e. The Hall–Kier alpha value is -2.15. The highest BCUT2D eigenvalue weighted by atomic mass is 35.5. The summed E-state index contributed by atoms with van der Waals surface area (Å²) in [6.45, 7) is 4.21. The van der Waals surface area contributed by atoms with Crippen LogP contribution in [0, 0.1) is 11.8 Å². The topological polar surface area (TPSA) is 83.1 Å². The number of aromatic nitrogens is 1. The first-order valence-electron chi connectivity index (χ1n) is 9.44. The molecule has 1 aromatic heterocycles. The van der Waals surface area contributed by atoms with Crippen molar-refractivity contribution in [3.8, 4) is 0 Å². The van der Waals surface area contributed by atoms with Gasteiger partial charge in [0.25, 0.3) is 5.91 Å². The lowest BCUT2D eigenvalue weighted by atomic mass is 9.85. The van der Waals surface area contributed by atoms with Crippen LogP contribution in [0.1, 0.15) is 36.5 Å². The molecular weight excluding hydrogens is 411 g/mol. The van der Waals surface area contributed by atoms with E-state index in [1.807, 2.05) is 12.1 Å². The number of hydrogen-bond donors (Lipinski definition) is 3. The normalized spacial score (nSPS) is 16.5. The van der Waals surface area contributed by atoms with Gasteiger partial charge >= 0.3 is 0 Å². The lowest BCUT2D eigenvalue weighted by molar-refractivity contribution is -0.117. The highest BCUT2D eigenvalue weighted by Gasteiger charge is 2.22. The zero-order valence-corrected chi connectivity index (χ0v) is 18.0. The number of carbonyl (C=O) groups excluding carboxylic acids is 2. The number of pyridine rings is 1. The molecule has 2 unspecified atom stereocenters. The van der Waals surface area contributed by atoms with Crippen molar-refractivity contribution in [2.24, 2.45) is 11.8 Å². The van der Waals surface area contributed by atoms with E-state index in [4.69, 9.17) is 0 Å². The molecule has 3 rings (SSSR count). The summed E-state index contributed by atoms with van der Waals surface area (Å²) in [4.78, 5) is 28.5. The fraction of sp³-hybridized carbons (Fsp3) is 0.381. The average Bonchev–Trinajstić information content (AvgIpc) is 2.69. The molecule has 1 aliphatic rings. The van der Waals surface area contributed by atoms with Gasteiger partial charge in [-0.2, -0.15) is 0 Å². The van der Waals surface area contributed by atoms with Gasteiger partial charge in [-0.15, -0.1) is 24.8 Å². The van der Waals surface area contributed by atoms with E-state index in [-0.39, 0.29) is 36.6 Å². The first kappa shape index (κ1) is 24.9. The molecule has 0 bridgehead atoms. The van der Waals surface area contributed by atoms with E-state index in [1.165, 1.54) is 12.8 Å². The molecule has 0 saturated carbocycles. The number of anilines is 2. The number of benzene rings is 1. The minimum Gasteiger partial charge on any atom is -0.326 e. The van der Waals surface area contributed by atoms with Crippen LogP contribution in [0.5, 0.6) is 0 Å². The highest BCUT2D eigenvalue weighted by molar-refractivity contribution is 6.04. The molecule has 158 valence electrons. The standard InChI is InChI=1S/C21H26N4O2.2ClH/c1-15(17-4-3-9-23-14-17)12-20(26)24-18-5-2-6-19(13-18)25-21(27)16-7-10-22-11-8-16;;/h2,5-8,10-11,13,15,17,23H,3-4,9,12,14H2,1H3,(H,24,26)(H,25,27);2*1H. The van der Waals surface area contributed by atoms with Gasteiger partial charge in [0.1, 0.15) is 0 Å². The number of nitrogens with one attached hydrogen (secondary N) is 3. The highest BCUT2D eigenvalue weighted by Crippen LogP contribution is 2.23. The molecule has 1 fully saturated rings. The summed E-state index contributed by atoms with van der Waals surface area (Å²) in [5.74, 6) is 0.688. The third-order valence-corrected chi connectivity index (χ3v) is 4.99. The van der Waals surface area contributed by atoms with Crippen molar-refractivity contribution in [3.63, 3.8) is 0 Å². The molecule has 6 nitrogen and oxygen atoms in total. The van der Waals surface area contributed by atoms with E-state index >= 15 is 0 Å². The van der Waals surface area contributed by atoms with E-state index < -0.39 is 0 Å². The molecule has 29 heavy (non-hydrogen) atoms. The van der Waals surface area contributed by atoms with E-state index in [9.17, 15) is 9.59 Å². The number of carbonyl (C=O) groups is 2. The Morgan fingerprint density at radius 1 is 1.14 bits per heavy atom. The number of rotatable bonds is 6. The summed E-state index contributed by atoms with van der Waals surface area (Å²) in [7, 11) is 0. The zero-order chi connectivity index (χ0) is 19.1. The number of amides is 2. The molecule has 0 spiro atoms. The number of halogens is 2. The van der Waals surface area contributed by atoms with Gasteiger partial charge in [0, 0.05) is 35.8 Å². The van der Waals surface area contributed by atoms with Gasteiger partial charge in [0.15, 0.2) is 0 Å². The second kappa shape index (κ2) is 12.4. The fourth-order valence-electron chi connectivity index (χ4n) is 3.42. The molecule has 2 atom stereocenters. The molecule has 3 N–H and O–H groups in total. The quantitative estimate of drug-likeness (QED) is 0.632. The molecule has 1 aromatic carbocycles. The Labute approximate surface area is 184 Å². The second-order valence-corrected chi connectivity index (χ2v) is 7.11. The Morgan fingerprint density at radius 3 is 2.48 bits per heavy atom. The molecular formula is C21H28Cl2N4O2. The van der Waals surface area contributed by atoms with Crippen molar-refractivity contribution in [2.75, 3.05) is 23.7 Å². The van der Waals surface area contributed by atoms with Crippen molar-refractivity contribution in [3.05, 3.63) is 54.4 Å². The SMILES string of the molecule is CC(CC(=O)Nc1cccc(NC(=O)c2ccncc2)c1)C1CCCNC1.Cl.Cl. The molecule has 1 aliphatic heterocycles. The number of hydrogen-bond acceptors (Lipinski definition) is 4. The van der Waals surface area contributed by atoms with Crippen LogP contribution < -0.4 is 16.0 Å². The van der Waals surface area contributed by atoms with Crippen LogP contribution in [-0.4, -0.2) is 29.9 Å². The van der Waals surface area contributed by atoms with Gasteiger partial charge in [0.05, 0.1) is 0 Å². The average molecular weight is 439 g/mol. The summed E-state index contributed by atoms with van der Waals surface area (Å²) in [6, 6.07) is 10.5. The Kier molecular flexibility index (Phi) is 10.7. The van der Waals surface area contributed by atoms with E-state index in [2.05, 4.69) is 27.9 Å². The van der Waals surface area contributed by atoms with Crippen molar-refractivity contribution < 1.29 is 9.59 Å². The maximum atomic E-state index is 12.4. The Balaban J connectivity index is 0.00000210. The van der Waals surface area contributed by atoms with Gasteiger partial charge in [-0.3, -0.25) is 14.6 Å². The first-order chi connectivity index (χ1) is 13.1. The Morgan fingerprint density at radius 2 is 1.83 bits per heavy atom. The van der Waals surface area contributed by atoms with Gasteiger partial charge in [-0.1, -0.05) is 13.0 Å². The van der Waals surface area contributed by atoms with E-state index in [0.717, 1.165) is 13.1 Å². The molecule has 2 amide bonds. The molecule has 8 heteroatoms. The minimum absolute atomic E-state index is 0. The van der Waals surface area contributed by atoms with Crippen molar-refractivity contribution in [2.45, 2.75) is 26.2 Å². The molecule has 0 aliphatic carbocycles. The van der Waals surface area contributed by atoms with Crippen LogP contribution in [-0.2, 0) is 4.79 Å². The summed E-state index contributed by atoms with van der Waals surface area (Å²) in [6.07, 6.45) is 6.01. The monoisotopic (exact) mass is 438 g/mol. The van der Waals surface area contributed by atoms with Crippen LogP contribution in [0.2, 0.25) is 0 Å². The van der Waals surface area contributed by atoms with Gasteiger partial charge in [-0.25, -0.2) is 0 Å². The lowest BCUT2D eigenvalue weighted by Crippen LogP contribution is -2.34. The van der Waals surface area contributed by atoms with Crippen molar-refractivity contribution >= 4 is 48.0 Å². The first-order valence-corrected chi connectivity index (χ1v) is 9.44. The smallest absolute Gasteiger partial charge is 0.255 e. The third kappa shape index (κ3) is 7.65. The third-order valence-electron chi connectivity index (χ3n) is 4.99. The number of piperidine rings is 1. The van der Waals surface area contributed by atoms with Gasteiger partial charge < -0.3 is 16.0 Å². The van der Waals surface area contributed by atoms with Crippen molar-refractivity contribution in [1.29, 1.82) is 0 Å². The Bertz CT molecular complexity index is 783. The summed E-state index contributed by atoms with van der Waals surface area (Å²) >= 11 is 0. The second-order valence-electron chi connectivity index (χ2n) is 7.11. The molecule has 1 saturated heterocycles. The predicted molar refractivity (Wildman–Crippen MR) is 121 cm³/mol. The number of nitrogens with zero attached hydrogens (tertiary/aromatic N) is 1. The van der Waals surface area contributed by atoms with Gasteiger partial charge in [-0.05, 0) is 68.1 Å². The lowest BCUT2D eigenvalue weighted by Gasteiger charge is -2.28. The van der Waals surface area contributed by atoms with Crippen molar-refractivity contribution in [1.82, 2.24) is 10.3 Å². The van der Waals surface area contributed by atoms with E-state index in [0.29, 0.717) is 35.2 Å². The van der Waals surface area contributed by atoms with Crippen LogP contribution in [0.15, 0.2) is 48.8 Å². The van der Waals surface area contributed by atoms with Crippen LogP contribution in [0.3, 0.4) is 0 Å². The molecule has 0 radical (unpaired) electrons. The van der Waals surface area contributed by atoms with Gasteiger partial charge in [0.2, 0.25) is 5.91 Å². The maximum absolute atomic E-state index is 12.4. The molecule has 2 aromatic rings. The van der Waals surface area contributed by atoms with Crippen LogP contribution in [0.4, 0.5) is 11.4 Å². The minimum atomic E-state index is -0.209. The van der Waals surface area contributed by atoms with E-state index in [1.54, 1.807) is 36.7 Å². The zero-order valence-electron chi connectivity index (χ0n) is 16.4. The predicted octanol–water partition coefficient (Wildman–Crippen LogP) is 4.14. The summed E-state index contributed by atoms with van der Waals surface area (Å²) in [5, 5.41) is 9.18. The van der Waals surface area contributed by atoms with Crippen LogP contribution in [0.25, 0.3) is 0 Å². The maximum Gasteiger partial charge on any atom is 0.255 e.